The van der Waals surface area contributed by atoms with E-state index in [4.69, 9.17) is 13.6 Å². The third-order valence-corrected chi connectivity index (χ3v) is 23.1. The number of rotatable bonds is 3. The summed E-state index contributed by atoms with van der Waals surface area (Å²) in [7, 11) is 0. The highest BCUT2D eigenvalue weighted by molar-refractivity contribution is 8.00. The number of aryl methyl sites for hydroxylation is 3. The first-order chi connectivity index (χ1) is 47.5. The first-order valence-corrected chi connectivity index (χ1v) is 34.8. The van der Waals surface area contributed by atoms with E-state index in [-0.39, 0.29) is 22.7 Å². The normalized spacial score (nSPS) is 14.4. The zero-order valence-electron chi connectivity index (χ0n) is 56.5. The van der Waals surface area contributed by atoms with Crippen LogP contribution in [0, 0.1) is 78.3 Å². The second kappa shape index (κ2) is 21.0. The van der Waals surface area contributed by atoms with Gasteiger partial charge >= 0.3 is 0 Å². The Morgan fingerprint density at radius 1 is 0.380 bits per heavy atom. The summed E-state index contributed by atoms with van der Waals surface area (Å²) in [5.41, 5.74) is 9.17. The van der Waals surface area contributed by atoms with Crippen LogP contribution in [0.3, 0.4) is 0 Å². The van der Waals surface area contributed by atoms with Crippen LogP contribution in [0.25, 0.3) is 21.9 Å². The Hall–Kier alpha value is -10.1. The predicted octanol–water partition coefficient (Wildman–Crippen LogP) is 16.5. The van der Waals surface area contributed by atoms with E-state index in [0.717, 1.165) is 41.6 Å². The van der Waals surface area contributed by atoms with E-state index in [2.05, 4.69) is 18.2 Å². The van der Waals surface area contributed by atoms with Gasteiger partial charge in [0.15, 0.2) is 34.9 Å². The average Bonchev–Trinajstić information content (AvgIpc) is 0.765. The molecule has 0 saturated heterocycles. The molecule has 0 N–H and O–H groups in total. The molecule has 0 radical (unpaired) electrons. The van der Waals surface area contributed by atoms with E-state index in [0.29, 0.717) is 123 Å². The highest BCUT2D eigenvalue weighted by Crippen LogP contribution is 2.53. The van der Waals surface area contributed by atoms with Gasteiger partial charge in [-0.25, -0.2) is 26.3 Å². The Morgan fingerprint density at radius 2 is 0.750 bits per heavy atom. The largest absolute Gasteiger partial charge is 0.469 e. The fourth-order valence-electron chi connectivity index (χ4n) is 16.1. The Morgan fingerprint density at radius 3 is 1.18 bits per heavy atom. The molecule has 18 rings (SSSR count). The summed E-state index contributed by atoms with van der Waals surface area (Å²) in [6.45, 7) is 20.2. The number of ether oxygens (including phenoxy) is 1. The molecule has 8 heterocycles. The number of nitrogens with zero attached hydrogens (tertiary/aromatic N) is 5. The summed E-state index contributed by atoms with van der Waals surface area (Å²) in [5.74, 6) is -4.32. The quantitative estimate of drug-likeness (QED) is 0.126. The molecule has 8 nitrogen and oxygen atoms in total. The van der Waals surface area contributed by atoms with Gasteiger partial charge in [0.1, 0.15) is 39.7 Å². The van der Waals surface area contributed by atoms with E-state index < -0.39 is 82.7 Å². The van der Waals surface area contributed by atoms with Crippen LogP contribution in [0.5, 0.6) is 11.5 Å². The van der Waals surface area contributed by atoms with Gasteiger partial charge < -0.3 is 28.3 Å². The van der Waals surface area contributed by atoms with E-state index in [9.17, 15) is 10.5 Å². The van der Waals surface area contributed by atoms with Crippen LogP contribution in [0.1, 0.15) is 107 Å². The molecule has 488 valence electrons. The highest BCUT2D eigenvalue weighted by atomic mass is 32.2. The highest BCUT2D eigenvalue weighted by Gasteiger charge is 2.53. The molecule has 0 amide bonds. The van der Waals surface area contributed by atoms with Gasteiger partial charge in [-0.15, -0.1) is 0 Å². The molecule has 6 aliphatic heterocycles. The number of hydrogen-bond donors (Lipinski definition) is 0. The molecule has 19 heteroatoms. The van der Waals surface area contributed by atoms with Gasteiger partial charge in [-0.3, -0.25) is 0 Å². The maximum Gasteiger partial charge on any atom is 0.298 e. The summed E-state index contributed by atoms with van der Waals surface area (Å²) in [6.07, 6.45) is 0. The van der Waals surface area contributed by atoms with E-state index in [1.807, 2.05) is 138 Å². The van der Waals surface area contributed by atoms with Crippen LogP contribution in [0.4, 0.5) is 77.5 Å². The Kier molecular flexibility index (Phi) is 13.1. The summed E-state index contributed by atoms with van der Waals surface area (Å²) in [4.78, 5) is 7.93. The maximum absolute atomic E-state index is 18.4. The minimum Gasteiger partial charge on any atom is -0.469 e. The number of anilines is 9. The van der Waals surface area contributed by atoms with Crippen molar-refractivity contribution in [2.45, 2.75) is 119 Å². The number of nitriles is 2. The molecule has 10 aromatic carbocycles. The molecule has 12 aromatic rings. The van der Waals surface area contributed by atoms with Crippen LogP contribution in [0.2, 0.25) is 0 Å². The van der Waals surface area contributed by atoms with Gasteiger partial charge in [-0.05, 0) is 224 Å². The van der Waals surface area contributed by atoms with Crippen LogP contribution >= 0.6 is 23.5 Å². The second-order valence-corrected chi connectivity index (χ2v) is 32.6. The molecular weight excluding hydrogens is 1300 g/mol. The summed E-state index contributed by atoms with van der Waals surface area (Å²) < 4.78 is 130. The van der Waals surface area contributed by atoms with Gasteiger partial charge in [0, 0.05) is 60.8 Å². The van der Waals surface area contributed by atoms with Crippen molar-refractivity contribution in [2.24, 2.45) is 0 Å². The first kappa shape index (κ1) is 62.2. The third kappa shape index (κ3) is 8.86. The Bertz CT molecular complexity index is 5820. The zero-order chi connectivity index (χ0) is 69.7. The zero-order valence-corrected chi connectivity index (χ0v) is 58.1. The van der Waals surface area contributed by atoms with Gasteiger partial charge in [0.25, 0.3) is 20.1 Å². The number of fused-ring (bicyclic) bond motifs is 16. The lowest BCUT2D eigenvalue weighted by Gasteiger charge is -2.46. The second-order valence-electron chi connectivity index (χ2n) is 30.5. The molecule has 6 aliphatic rings. The Labute approximate surface area is 583 Å². The molecule has 0 spiro atoms. The van der Waals surface area contributed by atoms with Gasteiger partial charge in [-0.2, -0.15) is 10.5 Å². The number of hydrogen-bond acceptors (Lipinski definition) is 10. The van der Waals surface area contributed by atoms with Crippen molar-refractivity contribution in [2.75, 3.05) is 14.7 Å². The molecule has 0 saturated carbocycles. The van der Waals surface area contributed by atoms with E-state index in [1.54, 1.807) is 46.2 Å². The van der Waals surface area contributed by atoms with Crippen LogP contribution < -0.4 is 69.0 Å². The summed E-state index contributed by atoms with van der Waals surface area (Å²) >= 11 is 2.97. The number of benzene rings is 10. The van der Waals surface area contributed by atoms with Gasteiger partial charge in [0.05, 0.1) is 44.4 Å². The van der Waals surface area contributed by atoms with Crippen molar-refractivity contribution < 1.29 is 39.9 Å². The minimum atomic E-state index is -0.970. The van der Waals surface area contributed by atoms with Gasteiger partial charge in [0.2, 0.25) is 0 Å². The predicted molar refractivity (Wildman–Crippen MR) is 391 cm³/mol. The standard InChI is InChI=1S/C81H58B3F6N5O3S2/c1-37-17-60-69-61(18-37)95(74-55(89)29-44(30-56(74)90)81(10,11)12)59-34-65-50(84-71-66(96-65)20-39(3)22-68(71)100-76-46-24-41(36-92)14-16-64(46)98-78(76)84)32-48(59)82(69)47-31-49-58(33-57(47)93(60)72-51(85)25-42(26-52(72)86)79(4,5)6)94(73-53(87)27-43(28-54(73)88)80(7,8)9)62-19-38(2)21-67-70(62)83(49)77-75(99-67)45-23-40(35-91)13-15-63(45)97-77/h13-34H,1-12H3. The summed E-state index contributed by atoms with van der Waals surface area (Å²) in [5, 5.41) is 22.0. The van der Waals surface area contributed by atoms with Crippen LogP contribution in [-0.4, -0.2) is 20.1 Å². The first-order valence-electron chi connectivity index (χ1n) is 33.2. The van der Waals surface area contributed by atoms with E-state index in [1.165, 1.54) is 64.8 Å². The smallest absolute Gasteiger partial charge is 0.298 e. The van der Waals surface area contributed by atoms with Crippen LogP contribution in [-0.2, 0) is 16.2 Å². The molecule has 0 atom stereocenters. The van der Waals surface area contributed by atoms with Crippen molar-refractivity contribution >= 4 is 166 Å². The van der Waals surface area contributed by atoms with Crippen molar-refractivity contribution in [3.8, 4) is 23.6 Å². The van der Waals surface area contributed by atoms with Crippen molar-refractivity contribution in [3.63, 3.8) is 0 Å². The minimum absolute atomic E-state index is 0.238. The molecule has 100 heavy (non-hydrogen) atoms. The van der Waals surface area contributed by atoms with Crippen LogP contribution in [0.15, 0.2) is 162 Å². The Balaban J connectivity index is 0.999. The number of halogens is 6. The van der Waals surface area contributed by atoms with Gasteiger partial charge in [-0.1, -0.05) is 98.0 Å². The van der Waals surface area contributed by atoms with Crippen molar-refractivity contribution in [1.82, 2.24) is 0 Å². The molecule has 0 bridgehead atoms. The average molecular weight is 1360 g/mol. The molecule has 0 unspecified atom stereocenters. The molecule has 0 aliphatic carbocycles. The maximum atomic E-state index is 18.4. The fourth-order valence-corrected chi connectivity index (χ4v) is 18.7. The van der Waals surface area contributed by atoms with E-state index >= 15 is 26.3 Å². The lowest BCUT2D eigenvalue weighted by atomic mass is 9.30. The summed E-state index contributed by atoms with van der Waals surface area (Å²) in [6, 6.07) is 42.6. The van der Waals surface area contributed by atoms with Crippen molar-refractivity contribution in [3.05, 3.63) is 213 Å². The van der Waals surface area contributed by atoms with Crippen molar-refractivity contribution in [1.29, 1.82) is 10.5 Å². The SMILES string of the molecule is Cc1cc2c3c(c1)Sc1c(oc4ccc(C#N)cc14)B3c1cc3c(cc1O2)N(c1c(F)cc(C(C)(C)C)cc1F)c1cc(C)cc2c1B3c1cc3c(cc1N2c1c(F)cc(C(C)(C)C)cc1F)N(c1c(F)cc(C(C)(C)C)cc1F)c1cc(C)cc2c1B3c1oc3ccc(C#N)cc3c1S2. The number of furan rings is 2. The molecule has 0 fully saturated rings. The lowest BCUT2D eigenvalue weighted by Crippen LogP contribution is -2.66. The third-order valence-electron chi connectivity index (χ3n) is 20.8. The molecular formula is C81H58B3F6N5O3S2. The lowest BCUT2D eigenvalue weighted by molar-refractivity contribution is 0.485. The topological polar surface area (TPSA) is 92.8 Å². The molecule has 2 aromatic heterocycles. The fraction of sp³-hybridized carbons (Fsp3) is 0.185. The monoisotopic (exact) mass is 1360 g/mol.